The molecular formula is C18H18N4O2. The van der Waals surface area contributed by atoms with Gasteiger partial charge in [-0.1, -0.05) is 18.2 Å². The molecule has 0 spiro atoms. The molecule has 1 atom stereocenters. The van der Waals surface area contributed by atoms with E-state index in [0.29, 0.717) is 17.6 Å². The lowest BCUT2D eigenvalue weighted by Crippen LogP contribution is -2.41. The van der Waals surface area contributed by atoms with E-state index in [4.69, 9.17) is 0 Å². The van der Waals surface area contributed by atoms with Gasteiger partial charge in [-0.15, -0.1) is 0 Å². The number of hydrogen-bond donors (Lipinski definition) is 2. The molecule has 2 aromatic heterocycles. The SMILES string of the molecule is Cc1cn2c(n1)CC[C@@H](NC(=O)c1cc(=O)[nH]c3ccccc13)C2. The van der Waals surface area contributed by atoms with Crippen molar-refractivity contribution in [2.24, 2.45) is 0 Å². The number of carbonyl (C=O) groups is 1. The monoisotopic (exact) mass is 322 g/mol. The third-order valence-electron chi connectivity index (χ3n) is 4.44. The predicted molar refractivity (Wildman–Crippen MR) is 91.1 cm³/mol. The molecule has 0 saturated carbocycles. The summed E-state index contributed by atoms with van der Waals surface area (Å²) in [5.74, 6) is 0.863. The maximum absolute atomic E-state index is 12.7. The van der Waals surface area contributed by atoms with Crippen molar-refractivity contribution in [1.82, 2.24) is 19.9 Å². The Morgan fingerprint density at radius 2 is 2.21 bits per heavy atom. The predicted octanol–water partition coefficient (Wildman–Crippen LogP) is 1.78. The maximum atomic E-state index is 12.7. The van der Waals surface area contributed by atoms with Crippen molar-refractivity contribution < 1.29 is 4.79 Å². The number of H-pyrrole nitrogens is 1. The zero-order chi connectivity index (χ0) is 16.7. The number of imidazole rings is 1. The minimum atomic E-state index is -0.269. The number of benzene rings is 1. The summed E-state index contributed by atoms with van der Waals surface area (Å²) in [5, 5.41) is 3.82. The first-order valence-electron chi connectivity index (χ1n) is 8.06. The van der Waals surface area contributed by atoms with Crippen LogP contribution in [-0.2, 0) is 13.0 Å². The Morgan fingerprint density at radius 3 is 3.08 bits per heavy atom. The van der Waals surface area contributed by atoms with Crippen LogP contribution >= 0.6 is 0 Å². The third-order valence-corrected chi connectivity index (χ3v) is 4.44. The van der Waals surface area contributed by atoms with Crippen LogP contribution in [0.25, 0.3) is 10.9 Å². The Morgan fingerprint density at radius 1 is 1.38 bits per heavy atom. The number of hydrogen-bond acceptors (Lipinski definition) is 3. The number of pyridine rings is 1. The van der Waals surface area contributed by atoms with Crippen LogP contribution in [0.3, 0.4) is 0 Å². The Bertz CT molecular complexity index is 986. The van der Waals surface area contributed by atoms with Crippen molar-refractivity contribution in [1.29, 1.82) is 0 Å². The molecule has 0 aliphatic carbocycles. The van der Waals surface area contributed by atoms with Crippen LogP contribution in [0.4, 0.5) is 0 Å². The van der Waals surface area contributed by atoms with Crippen LogP contribution in [0.1, 0.15) is 28.3 Å². The van der Waals surface area contributed by atoms with E-state index in [1.54, 1.807) is 6.07 Å². The number of rotatable bonds is 2. The molecule has 4 rings (SSSR count). The average molecular weight is 322 g/mol. The normalized spacial score (nSPS) is 16.8. The molecule has 0 unspecified atom stereocenters. The Hall–Kier alpha value is -2.89. The molecule has 2 N–H and O–H groups in total. The molecule has 3 aromatic rings. The van der Waals surface area contributed by atoms with Gasteiger partial charge < -0.3 is 14.9 Å². The number of amides is 1. The molecule has 24 heavy (non-hydrogen) atoms. The molecule has 3 heterocycles. The first-order chi connectivity index (χ1) is 11.6. The molecule has 122 valence electrons. The first kappa shape index (κ1) is 14.7. The van der Waals surface area contributed by atoms with Gasteiger partial charge in [0.2, 0.25) is 5.56 Å². The lowest BCUT2D eigenvalue weighted by atomic mass is 10.0. The Balaban J connectivity index is 1.60. The van der Waals surface area contributed by atoms with Crippen molar-refractivity contribution in [2.75, 3.05) is 0 Å². The summed E-state index contributed by atoms with van der Waals surface area (Å²) in [7, 11) is 0. The highest BCUT2D eigenvalue weighted by atomic mass is 16.2. The summed E-state index contributed by atoms with van der Waals surface area (Å²) in [6.45, 7) is 2.68. The first-order valence-corrected chi connectivity index (χ1v) is 8.06. The van der Waals surface area contributed by atoms with Crippen molar-refractivity contribution in [3.8, 4) is 0 Å². The molecule has 1 aromatic carbocycles. The summed E-state index contributed by atoms with van der Waals surface area (Å²) in [6.07, 6.45) is 3.70. The number of aromatic amines is 1. The highest BCUT2D eigenvalue weighted by Crippen LogP contribution is 2.18. The van der Waals surface area contributed by atoms with E-state index in [2.05, 4.69) is 19.9 Å². The second-order valence-electron chi connectivity index (χ2n) is 6.25. The van der Waals surface area contributed by atoms with Crippen molar-refractivity contribution in [3.05, 3.63) is 64.0 Å². The molecule has 6 heteroatoms. The summed E-state index contributed by atoms with van der Waals surface area (Å²) in [4.78, 5) is 31.8. The van der Waals surface area contributed by atoms with Gasteiger partial charge in [-0.2, -0.15) is 0 Å². The van der Waals surface area contributed by atoms with E-state index in [9.17, 15) is 9.59 Å². The molecule has 1 aliphatic heterocycles. The molecular weight excluding hydrogens is 304 g/mol. The number of nitrogens with zero attached hydrogens (tertiary/aromatic N) is 2. The van der Waals surface area contributed by atoms with Gasteiger partial charge >= 0.3 is 0 Å². The topological polar surface area (TPSA) is 79.8 Å². The van der Waals surface area contributed by atoms with Gasteiger partial charge in [0.05, 0.1) is 11.3 Å². The number of para-hydroxylation sites is 1. The summed E-state index contributed by atoms with van der Waals surface area (Å²) < 4.78 is 2.10. The fraction of sp³-hybridized carbons (Fsp3) is 0.278. The van der Waals surface area contributed by atoms with Crippen LogP contribution in [-0.4, -0.2) is 26.5 Å². The van der Waals surface area contributed by atoms with Gasteiger partial charge in [0.25, 0.3) is 5.91 Å². The van der Waals surface area contributed by atoms with Gasteiger partial charge in [-0.25, -0.2) is 4.98 Å². The zero-order valence-electron chi connectivity index (χ0n) is 13.4. The van der Waals surface area contributed by atoms with E-state index in [1.165, 1.54) is 6.07 Å². The largest absolute Gasteiger partial charge is 0.347 e. The van der Waals surface area contributed by atoms with Gasteiger partial charge in [0, 0.05) is 42.2 Å². The fourth-order valence-electron chi connectivity index (χ4n) is 3.36. The molecule has 0 bridgehead atoms. The summed E-state index contributed by atoms with van der Waals surface area (Å²) >= 11 is 0. The van der Waals surface area contributed by atoms with Gasteiger partial charge in [0.1, 0.15) is 5.82 Å². The van der Waals surface area contributed by atoms with Crippen molar-refractivity contribution in [2.45, 2.75) is 32.4 Å². The number of aryl methyl sites for hydroxylation is 2. The van der Waals surface area contributed by atoms with Crippen LogP contribution in [0, 0.1) is 6.92 Å². The van der Waals surface area contributed by atoms with Crippen LogP contribution in [0.5, 0.6) is 0 Å². The molecule has 0 fully saturated rings. The minimum absolute atomic E-state index is 0.0386. The quantitative estimate of drug-likeness (QED) is 0.755. The second-order valence-corrected chi connectivity index (χ2v) is 6.25. The summed E-state index contributed by atoms with van der Waals surface area (Å²) in [5.41, 5.74) is 1.82. The highest BCUT2D eigenvalue weighted by molar-refractivity contribution is 6.06. The van der Waals surface area contributed by atoms with Gasteiger partial charge in [-0.3, -0.25) is 9.59 Å². The molecule has 0 radical (unpaired) electrons. The average Bonchev–Trinajstić information content (AvgIpc) is 2.93. The number of nitrogens with one attached hydrogen (secondary N) is 2. The Kier molecular flexibility index (Phi) is 3.45. The van der Waals surface area contributed by atoms with Crippen LogP contribution < -0.4 is 10.9 Å². The zero-order valence-corrected chi connectivity index (χ0v) is 13.4. The lowest BCUT2D eigenvalue weighted by Gasteiger charge is -2.24. The minimum Gasteiger partial charge on any atom is -0.347 e. The number of fused-ring (bicyclic) bond motifs is 2. The molecule has 1 aliphatic rings. The standard InChI is InChI=1S/C18H18N4O2/c1-11-9-22-10-12(6-7-16(22)19-11)20-18(24)14-8-17(23)21-15-5-3-2-4-13(14)15/h2-5,8-9,12H,6-7,10H2,1H3,(H,20,24)(H,21,23)/t12-/m1/s1. The molecule has 1 amide bonds. The van der Waals surface area contributed by atoms with Gasteiger partial charge in [0.15, 0.2) is 0 Å². The maximum Gasteiger partial charge on any atom is 0.252 e. The summed E-state index contributed by atoms with van der Waals surface area (Å²) in [6, 6.07) is 8.75. The fourth-order valence-corrected chi connectivity index (χ4v) is 3.36. The number of carbonyl (C=O) groups excluding carboxylic acids is 1. The van der Waals surface area contributed by atoms with E-state index >= 15 is 0 Å². The van der Waals surface area contributed by atoms with E-state index in [0.717, 1.165) is 29.7 Å². The highest BCUT2D eigenvalue weighted by Gasteiger charge is 2.22. The van der Waals surface area contributed by atoms with E-state index in [-0.39, 0.29) is 17.5 Å². The van der Waals surface area contributed by atoms with Crippen LogP contribution in [0.2, 0.25) is 0 Å². The van der Waals surface area contributed by atoms with Crippen LogP contribution in [0.15, 0.2) is 41.3 Å². The van der Waals surface area contributed by atoms with E-state index < -0.39 is 0 Å². The molecule has 6 nitrogen and oxygen atoms in total. The lowest BCUT2D eigenvalue weighted by molar-refractivity contribution is 0.0929. The Labute approximate surface area is 138 Å². The van der Waals surface area contributed by atoms with Crippen molar-refractivity contribution >= 4 is 16.8 Å². The third kappa shape index (κ3) is 2.60. The van der Waals surface area contributed by atoms with Gasteiger partial charge in [-0.05, 0) is 19.4 Å². The smallest absolute Gasteiger partial charge is 0.252 e. The van der Waals surface area contributed by atoms with E-state index in [1.807, 2.05) is 31.3 Å². The molecule has 0 saturated heterocycles. The second kappa shape index (κ2) is 5.63. The van der Waals surface area contributed by atoms with Crippen molar-refractivity contribution in [3.63, 3.8) is 0 Å². The number of aromatic nitrogens is 3.